The molecule has 17 heteroatoms. The largest absolute Gasteiger partial charge is 0.490 e. The van der Waals surface area contributed by atoms with Crippen molar-refractivity contribution in [1.82, 2.24) is 20.3 Å². The average molecular weight is 567 g/mol. The van der Waals surface area contributed by atoms with E-state index in [-0.39, 0.29) is 11.3 Å². The van der Waals surface area contributed by atoms with E-state index in [4.69, 9.17) is 24.5 Å². The van der Waals surface area contributed by atoms with Crippen molar-refractivity contribution in [2.45, 2.75) is 25.3 Å². The molecule has 2 atom stereocenters. The van der Waals surface area contributed by atoms with Crippen molar-refractivity contribution in [2.24, 2.45) is 11.3 Å². The Labute approximate surface area is 216 Å². The number of pyridine rings is 1. The Balaban J connectivity index is 0.000000317. The molecule has 2 aliphatic heterocycles. The third-order valence-corrected chi connectivity index (χ3v) is 5.55. The van der Waals surface area contributed by atoms with Crippen LogP contribution in [0.4, 0.5) is 32.3 Å². The molecule has 0 unspecified atom stereocenters. The number of nitrogens with zero attached hydrogens (tertiary/aromatic N) is 4. The minimum atomic E-state index is -5.08. The predicted molar refractivity (Wildman–Crippen MR) is 119 cm³/mol. The van der Waals surface area contributed by atoms with E-state index < -0.39 is 24.3 Å². The zero-order valence-corrected chi connectivity index (χ0v) is 19.9. The van der Waals surface area contributed by atoms with Crippen LogP contribution in [0.15, 0.2) is 42.9 Å². The Morgan fingerprint density at radius 3 is 2.05 bits per heavy atom. The number of nitrogens with one attached hydrogen (secondary N) is 1. The summed E-state index contributed by atoms with van der Waals surface area (Å²) in [6.07, 6.45) is -4.48. The topological polar surface area (TPSA) is 155 Å². The van der Waals surface area contributed by atoms with Gasteiger partial charge in [-0.25, -0.2) is 19.6 Å². The molecule has 0 bridgehead atoms. The van der Waals surface area contributed by atoms with Crippen LogP contribution in [-0.4, -0.2) is 81.7 Å². The van der Waals surface area contributed by atoms with E-state index >= 15 is 0 Å². The first-order chi connectivity index (χ1) is 18.1. The Morgan fingerprint density at radius 1 is 0.974 bits per heavy atom. The molecule has 0 radical (unpaired) electrons. The quantitative estimate of drug-likeness (QED) is 0.459. The van der Waals surface area contributed by atoms with E-state index in [0.29, 0.717) is 32.1 Å². The highest BCUT2D eigenvalue weighted by molar-refractivity contribution is 5.77. The van der Waals surface area contributed by atoms with Crippen molar-refractivity contribution in [3.8, 4) is 0 Å². The van der Waals surface area contributed by atoms with E-state index in [9.17, 15) is 31.1 Å². The van der Waals surface area contributed by atoms with Gasteiger partial charge in [0.2, 0.25) is 11.9 Å². The van der Waals surface area contributed by atoms with Gasteiger partial charge in [-0.15, -0.1) is 0 Å². The number of aromatic nitrogens is 3. The molecule has 3 N–H and O–H groups in total. The van der Waals surface area contributed by atoms with Gasteiger partial charge in [0.25, 0.3) is 0 Å². The number of rotatable bonds is 5. The number of amides is 1. The van der Waals surface area contributed by atoms with Crippen LogP contribution in [0.25, 0.3) is 0 Å². The Hall–Kier alpha value is -4.02. The maximum absolute atomic E-state index is 12.5. The lowest BCUT2D eigenvalue weighted by molar-refractivity contribution is -0.193. The summed E-state index contributed by atoms with van der Waals surface area (Å²) >= 11 is 0. The average Bonchev–Trinajstić information content (AvgIpc) is 3.40. The van der Waals surface area contributed by atoms with Gasteiger partial charge < -0.3 is 25.2 Å². The highest BCUT2D eigenvalue weighted by Crippen LogP contribution is 2.44. The maximum atomic E-state index is 12.5. The van der Waals surface area contributed by atoms with E-state index in [0.717, 1.165) is 24.7 Å². The van der Waals surface area contributed by atoms with E-state index in [1.54, 1.807) is 18.6 Å². The molecule has 2 saturated heterocycles. The molecule has 0 spiro atoms. The molecule has 2 aromatic heterocycles. The van der Waals surface area contributed by atoms with Crippen LogP contribution >= 0.6 is 0 Å². The molecular formula is C22H23F6N5O6. The molecule has 2 aliphatic rings. The minimum absolute atomic E-state index is 0.0389. The van der Waals surface area contributed by atoms with Gasteiger partial charge in [0, 0.05) is 49.4 Å². The summed E-state index contributed by atoms with van der Waals surface area (Å²) in [6.45, 7) is 3.33. The number of carbonyl (C=O) groups is 3. The molecule has 2 fully saturated rings. The van der Waals surface area contributed by atoms with Crippen LogP contribution in [-0.2, 0) is 25.7 Å². The fourth-order valence-electron chi connectivity index (χ4n) is 3.76. The number of fused-ring (bicyclic) bond motifs is 1. The zero-order chi connectivity index (χ0) is 29.3. The maximum Gasteiger partial charge on any atom is 0.490 e. The van der Waals surface area contributed by atoms with Crippen molar-refractivity contribution in [2.75, 3.05) is 31.2 Å². The van der Waals surface area contributed by atoms with Crippen molar-refractivity contribution < 1.29 is 55.7 Å². The summed E-state index contributed by atoms with van der Waals surface area (Å²) in [6, 6.07) is 7.50. The van der Waals surface area contributed by atoms with Crippen molar-refractivity contribution in [1.29, 1.82) is 0 Å². The molecule has 0 saturated carbocycles. The number of hydrogen-bond donors (Lipinski definition) is 3. The molecule has 4 heterocycles. The second-order valence-electron chi connectivity index (χ2n) is 8.38. The first kappa shape index (κ1) is 31.2. The first-order valence-corrected chi connectivity index (χ1v) is 11.0. The van der Waals surface area contributed by atoms with Crippen molar-refractivity contribution in [3.05, 3.63) is 48.5 Å². The summed E-state index contributed by atoms with van der Waals surface area (Å²) in [7, 11) is 0. The fourth-order valence-corrected chi connectivity index (χ4v) is 3.76. The van der Waals surface area contributed by atoms with Gasteiger partial charge in [-0.3, -0.25) is 9.78 Å². The molecule has 4 rings (SSSR count). The second-order valence-corrected chi connectivity index (χ2v) is 8.38. The summed E-state index contributed by atoms with van der Waals surface area (Å²) in [5, 5.41) is 17.2. The minimum Gasteiger partial charge on any atom is -0.475 e. The van der Waals surface area contributed by atoms with E-state index in [1.165, 1.54) is 0 Å². The number of aliphatic carboxylic acids is 2. The summed E-state index contributed by atoms with van der Waals surface area (Å²) in [5.74, 6) is -4.42. The number of carbonyl (C=O) groups excluding carboxylic acids is 1. The molecule has 1 amide bonds. The lowest BCUT2D eigenvalue weighted by Gasteiger charge is -2.26. The predicted octanol–water partition coefficient (Wildman–Crippen LogP) is 2.30. The third-order valence-electron chi connectivity index (χ3n) is 5.55. The van der Waals surface area contributed by atoms with Gasteiger partial charge in [0.15, 0.2) is 0 Å². The normalized spacial score (nSPS) is 20.1. The second kappa shape index (κ2) is 13.2. The van der Waals surface area contributed by atoms with Gasteiger partial charge in [0.05, 0.1) is 25.5 Å². The number of ether oxygens (including phenoxy) is 1. The van der Waals surface area contributed by atoms with Gasteiger partial charge in [-0.1, -0.05) is 6.07 Å². The van der Waals surface area contributed by atoms with Crippen molar-refractivity contribution in [3.63, 3.8) is 0 Å². The monoisotopic (exact) mass is 567 g/mol. The number of carboxylic acids is 2. The van der Waals surface area contributed by atoms with Gasteiger partial charge >= 0.3 is 24.3 Å². The van der Waals surface area contributed by atoms with Crippen LogP contribution in [0.3, 0.4) is 0 Å². The molecule has 0 aromatic carbocycles. The summed E-state index contributed by atoms with van der Waals surface area (Å²) in [4.78, 5) is 45.4. The smallest absolute Gasteiger partial charge is 0.475 e. The Kier molecular flexibility index (Phi) is 10.5. The highest BCUT2D eigenvalue weighted by Gasteiger charge is 2.52. The lowest BCUT2D eigenvalue weighted by Crippen LogP contribution is -2.37. The van der Waals surface area contributed by atoms with Crippen LogP contribution in [0.5, 0.6) is 0 Å². The Morgan fingerprint density at radius 2 is 1.54 bits per heavy atom. The first-order valence-electron chi connectivity index (χ1n) is 11.0. The third kappa shape index (κ3) is 9.66. The Bertz CT molecular complexity index is 1080. The van der Waals surface area contributed by atoms with Crippen LogP contribution in [0.2, 0.25) is 0 Å². The van der Waals surface area contributed by atoms with Crippen molar-refractivity contribution >= 4 is 23.8 Å². The van der Waals surface area contributed by atoms with Crippen LogP contribution in [0.1, 0.15) is 12.1 Å². The fraction of sp³-hybridized carbons (Fsp3) is 0.455. The van der Waals surface area contributed by atoms with Gasteiger partial charge in [0.1, 0.15) is 0 Å². The molecular weight excluding hydrogens is 544 g/mol. The molecule has 39 heavy (non-hydrogen) atoms. The van der Waals surface area contributed by atoms with Gasteiger partial charge in [-0.2, -0.15) is 26.3 Å². The van der Waals surface area contributed by atoms with Gasteiger partial charge in [-0.05, 0) is 18.2 Å². The van der Waals surface area contributed by atoms with E-state index in [1.807, 2.05) is 24.3 Å². The standard InChI is InChI=1S/C18H21N5O2.2C2HF3O2/c24-16(22-9-15-4-1-2-5-19-15)8-18-12-23(10-14(18)11-25-13-18)17-20-6-3-7-21-17;2*3-2(4,5)1(6)7/h1-7,14H,8-13H2,(H,22,24);2*(H,6,7)/t14-,18+;;/m1../s1. The van der Waals surface area contributed by atoms with Crippen LogP contribution in [0, 0.1) is 11.3 Å². The zero-order valence-electron chi connectivity index (χ0n) is 19.9. The SMILES string of the molecule is O=C(C[C@]12COC[C@H]1CN(c1ncccn1)C2)NCc1ccccn1.O=C(O)C(F)(F)F.O=C(O)C(F)(F)F. The molecule has 11 nitrogen and oxygen atoms in total. The number of alkyl halides is 6. The molecule has 2 aromatic rings. The molecule has 0 aliphatic carbocycles. The number of carboxylic acid groups (broad SMARTS) is 2. The summed E-state index contributed by atoms with van der Waals surface area (Å²) < 4.78 is 69.2. The number of hydrogen-bond acceptors (Lipinski definition) is 8. The van der Waals surface area contributed by atoms with Crippen LogP contribution < -0.4 is 10.2 Å². The molecule has 214 valence electrons. The summed E-state index contributed by atoms with van der Waals surface area (Å²) in [5.41, 5.74) is 0.700. The highest BCUT2D eigenvalue weighted by atomic mass is 19.4. The van der Waals surface area contributed by atoms with E-state index in [2.05, 4.69) is 25.2 Å². The number of halogens is 6. The number of anilines is 1. The lowest BCUT2D eigenvalue weighted by atomic mass is 9.78.